The van der Waals surface area contributed by atoms with Crippen LogP contribution in [-0.2, 0) is 0 Å². The van der Waals surface area contributed by atoms with Crippen molar-refractivity contribution in [3.8, 4) is 0 Å². The lowest BCUT2D eigenvalue weighted by Gasteiger charge is -1.78. The first-order chi connectivity index (χ1) is 5.20. The van der Waals surface area contributed by atoms with Crippen molar-refractivity contribution < 1.29 is 0 Å². The molecule has 0 N–H and O–H groups in total. The van der Waals surface area contributed by atoms with Gasteiger partial charge in [0.05, 0.1) is 6.20 Å². The Bertz CT molecular complexity index is 498. The summed E-state index contributed by atoms with van der Waals surface area (Å²) in [4.78, 5) is 21.9. The summed E-state index contributed by atoms with van der Waals surface area (Å²) >= 11 is 5.47. The van der Waals surface area contributed by atoms with Crippen LogP contribution in [-0.4, -0.2) is 9.03 Å². The summed E-state index contributed by atoms with van der Waals surface area (Å²) in [6.07, 6.45) is 2.88. The van der Waals surface area contributed by atoms with Gasteiger partial charge in [-0.25, -0.2) is 0 Å². The highest BCUT2D eigenvalue weighted by Crippen LogP contribution is 1.97. The summed E-state index contributed by atoms with van der Waals surface area (Å²) < 4.78 is 2.31. The average Bonchev–Trinajstić information content (AvgIpc) is 2.41. The predicted molar refractivity (Wildman–Crippen MR) is 39.6 cm³/mol. The molecule has 0 saturated carbocycles. The molecular formula is C6H3ClN2O2. The highest BCUT2D eigenvalue weighted by molar-refractivity contribution is 6.30. The Hall–Kier alpha value is -1.29. The molecular weight excluding hydrogens is 168 g/mol. The second kappa shape index (κ2) is 1.85. The van der Waals surface area contributed by atoms with E-state index in [1.807, 2.05) is 0 Å². The molecule has 0 radical (unpaired) electrons. The summed E-state index contributed by atoms with van der Waals surface area (Å²) in [5.41, 5.74) is -0.830. The van der Waals surface area contributed by atoms with Gasteiger partial charge in [-0.05, 0) is 0 Å². The van der Waals surface area contributed by atoms with Crippen LogP contribution in [0.25, 0.3) is 0 Å². The summed E-state index contributed by atoms with van der Waals surface area (Å²) in [6, 6.07) is 1.30. The van der Waals surface area contributed by atoms with Crippen LogP contribution in [0.5, 0.6) is 0 Å². The van der Waals surface area contributed by atoms with Crippen molar-refractivity contribution in [2.45, 2.75) is 0 Å². The molecule has 56 valence electrons. The Kier molecular flexibility index (Phi) is 1.08. The molecule has 0 bridgehead atoms. The number of fused-ring (bicyclic) bond motifs is 1. The van der Waals surface area contributed by atoms with Crippen molar-refractivity contribution in [3.63, 3.8) is 0 Å². The second-order valence-electron chi connectivity index (χ2n) is 2.13. The van der Waals surface area contributed by atoms with Gasteiger partial charge in [-0.15, -0.1) is 0 Å². The monoisotopic (exact) mass is 170 g/mol. The van der Waals surface area contributed by atoms with Crippen molar-refractivity contribution in [1.29, 1.82) is 0 Å². The number of hydrogen-bond donors (Lipinski definition) is 0. The molecule has 0 fully saturated rings. The zero-order valence-corrected chi connectivity index (χ0v) is 6.08. The Balaban J connectivity index is 3.20. The third-order valence-electron chi connectivity index (χ3n) is 1.45. The van der Waals surface area contributed by atoms with Crippen LogP contribution in [0.3, 0.4) is 0 Å². The Labute approximate surface area is 65.6 Å². The predicted octanol–water partition coefficient (Wildman–Crippen LogP) is -0.150. The van der Waals surface area contributed by atoms with Gasteiger partial charge < -0.3 is 0 Å². The largest absolute Gasteiger partial charge is 0.293 e. The van der Waals surface area contributed by atoms with Crippen LogP contribution in [0, 0.1) is 0 Å². The van der Waals surface area contributed by atoms with E-state index in [2.05, 4.69) is 0 Å². The molecule has 2 heterocycles. The zero-order chi connectivity index (χ0) is 8.01. The van der Waals surface area contributed by atoms with E-state index in [4.69, 9.17) is 11.6 Å². The van der Waals surface area contributed by atoms with Gasteiger partial charge >= 0.3 is 0 Å². The molecule has 0 aliphatic carbocycles. The molecule has 0 unspecified atom stereocenters. The topological polar surface area (TPSA) is 43.0 Å². The minimum absolute atomic E-state index is 0.0581. The highest BCUT2D eigenvalue weighted by Gasteiger charge is 2.05. The van der Waals surface area contributed by atoms with Gasteiger partial charge in [0.25, 0.3) is 11.1 Å². The van der Waals surface area contributed by atoms with Crippen molar-refractivity contribution in [2.75, 3.05) is 0 Å². The van der Waals surface area contributed by atoms with Crippen molar-refractivity contribution in [2.24, 2.45) is 0 Å². The quantitative estimate of drug-likeness (QED) is 0.552. The lowest BCUT2D eigenvalue weighted by atomic mass is 10.6. The van der Waals surface area contributed by atoms with Gasteiger partial charge in [-0.2, -0.15) is 4.52 Å². The van der Waals surface area contributed by atoms with E-state index >= 15 is 0 Å². The van der Waals surface area contributed by atoms with Gasteiger partial charge in [-0.3, -0.25) is 14.1 Å². The standard InChI is InChI=1S/C6H3ClN2O2/c7-4-3-8-2-1-5(10)9(8)6(4)11/h1-3H. The van der Waals surface area contributed by atoms with Crippen molar-refractivity contribution in [1.82, 2.24) is 9.03 Å². The van der Waals surface area contributed by atoms with Gasteiger partial charge in [-0.1, -0.05) is 11.6 Å². The molecule has 2 rings (SSSR count). The SMILES string of the molecule is O=c1ccn2cc(Cl)c(=O)n12. The summed E-state index contributed by atoms with van der Waals surface area (Å²) in [6.45, 7) is 0. The lowest BCUT2D eigenvalue weighted by molar-refractivity contribution is 0.805. The number of nitrogens with zero attached hydrogens (tertiary/aromatic N) is 2. The van der Waals surface area contributed by atoms with E-state index in [1.54, 1.807) is 0 Å². The second-order valence-corrected chi connectivity index (χ2v) is 2.54. The van der Waals surface area contributed by atoms with E-state index in [1.165, 1.54) is 23.0 Å². The van der Waals surface area contributed by atoms with E-state index in [9.17, 15) is 9.59 Å². The van der Waals surface area contributed by atoms with Gasteiger partial charge in [0, 0.05) is 12.3 Å². The maximum atomic E-state index is 11.0. The van der Waals surface area contributed by atoms with Gasteiger partial charge in [0.15, 0.2) is 0 Å². The lowest BCUT2D eigenvalue weighted by Crippen LogP contribution is -2.20. The van der Waals surface area contributed by atoms with Gasteiger partial charge in [0.2, 0.25) is 0 Å². The average molecular weight is 171 g/mol. The molecule has 2 aromatic rings. The first-order valence-corrected chi connectivity index (χ1v) is 3.30. The molecule has 0 aliphatic rings. The number of hydrogen-bond acceptors (Lipinski definition) is 2. The minimum Gasteiger partial charge on any atom is -0.267 e. The van der Waals surface area contributed by atoms with E-state index in [0.717, 1.165) is 4.52 Å². The maximum Gasteiger partial charge on any atom is 0.293 e. The van der Waals surface area contributed by atoms with E-state index in [0.29, 0.717) is 0 Å². The molecule has 2 aromatic heterocycles. The number of aromatic nitrogens is 2. The van der Waals surface area contributed by atoms with Crippen LogP contribution < -0.4 is 11.1 Å². The van der Waals surface area contributed by atoms with Crippen molar-refractivity contribution >= 4 is 11.6 Å². The van der Waals surface area contributed by atoms with Gasteiger partial charge in [0.1, 0.15) is 5.02 Å². The molecule has 0 saturated heterocycles. The minimum atomic E-state index is -0.471. The summed E-state index contributed by atoms with van der Waals surface area (Å²) in [7, 11) is 0. The molecule has 0 spiro atoms. The fourth-order valence-corrected chi connectivity index (χ4v) is 1.15. The van der Waals surface area contributed by atoms with Crippen LogP contribution in [0.1, 0.15) is 0 Å². The first-order valence-electron chi connectivity index (χ1n) is 2.92. The van der Waals surface area contributed by atoms with Crippen LogP contribution in [0.2, 0.25) is 5.02 Å². The van der Waals surface area contributed by atoms with Crippen LogP contribution in [0.4, 0.5) is 0 Å². The molecule has 5 heteroatoms. The number of halogens is 1. The molecule has 0 atom stereocenters. The third kappa shape index (κ3) is 0.698. The summed E-state index contributed by atoms with van der Waals surface area (Å²) in [5, 5.41) is 0.0581. The van der Waals surface area contributed by atoms with Crippen molar-refractivity contribution in [3.05, 3.63) is 44.2 Å². The Morgan fingerprint density at radius 2 is 2.09 bits per heavy atom. The normalized spacial score (nSPS) is 11.0. The third-order valence-corrected chi connectivity index (χ3v) is 1.71. The fourth-order valence-electron chi connectivity index (χ4n) is 0.969. The maximum absolute atomic E-state index is 11.0. The Morgan fingerprint density at radius 1 is 1.36 bits per heavy atom. The zero-order valence-electron chi connectivity index (χ0n) is 5.32. The van der Waals surface area contributed by atoms with Crippen LogP contribution in [0.15, 0.2) is 28.0 Å². The Morgan fingerprint density at radius 3 is 2.73 bits per heavy atom. The summed E-state index contributed by atoms with van der Waals surface area (Å²) in [5.74, 6) is 0. The van der Waals surface area contributed by atoms with E-state index in [-0.39, 0.29) is 10.6 Å². The smallest absolute Gasteiger partial charge is 0.267 e. The van der Waals surface area contributed by atoms with E-state index < -0.39 is 5.56 Å². The highest BCUT2D eigenvalue weighted by atomic mass is 35.5. The fraction of sp³-hybridized carbons (Fsp3) is 0. The molecule has 0 aromatic carbocycles. The molecule has 0 aliphatic heterocycles. The number of rotatable bonds is 0. The molecule has 4 nitrogen and oxygen atoms in total. The first kappa shape index (κ1) is 6.42. The van der Waals surface area contributed by atoms with Crippen LogP contribution >= 0.6 is 11.6 Å². The molecule has 0 amide bonds. The molecule has 11 heavy (non-hydrogen) atoms.